The first kappa shape index (κ1) is 16.5. The summed E-state index contributed by atoms with van der Waals surface area (Å²) < 4.78 is 0. The van der Waals surface area contributed by atoms with Crippen molar-refractivity contribution in [2.45, 2.75) is 12.8 Å². The fourth-order valence-electron chi connectivity index (χ4n) is 2.43. The van der Waals surface area contributed by atoms with Crippen LogP contribution in [0.3, 0.4) is 0 Å². The average Bonchev–Trinajstić information content (AvgIpc) is 2.55. The van der Waals surface area contributed by atoms with E-state index in [1.165, 1.54) is 11.8 Å². The summed E-state index contributed by atoms with van der Waals surface area (Å²) >= 11 is 1.28. The Morgan fingerprint density at radius 1 is 1.18 bits per heavy atom. The number of nitrogens with zero attached hydrogens (tertiary/aromatic N) is 1. The summed E-state index contributed by atoms with van der Waals surface area (Å²) in [7, 11) is 0. The third-order valence-electron chi connectivity index (χ3n) is 3.68. The van der Waals surface area contributed by atoms with Crippen molar-refractivity contribution >= 4 is 29.4 Å². The van der Waals surface area contributed by atoms with Crippen LogP contribution in [0, 0.1) is 5.92 Å². The van der Waals surface area contributed by atoms with Crippen LogP contribution in [0.25, 0.3) is 0 Å². The van der Waals surface area contributed by atoms with Gasteiger partial charge in [0, 0.05) is 18.7 Å². The van der Waals surface area contributed by atoms with Crippen molar-refractivity contribution in [2.75, 3.05) is 24.6 Å². The van der Waals surface area contributed by atoms with Gasteiger partial charge in [0.05, 0.1) is 17.4 Å². The summed E-state index contributed by atoms with van der Waals surface area (Å²) in [4.78, 5) is 36.6. The Hall–Kier alpha value is -1.82. The van der Waals surface area contributed by atoms with Crippen LogP contribution in [0.15, 0.2) is 30.3 Å². The van der Waals surface area contributed by atoms with E-state index in [0.29, 0.717) is 18.5 Å². The van der Waals surface area contributed by atoms with Crippen LogP contribution in [0.2, 0.25) is 0 Å². The summed E-state index contributed by atoms with van der Waals surface area (Å²) in [5, 5.41) is 9.02. The number of Topliss-reactive ketones (excluding diaryl/α,β-unsaturated/α-hetero) is 1. The number of hydrogen-bond acceptors (Lipinski definition) is 4. The fraction of sp³-hybridized carbons (Fsp3) is 0.438. The van der Waals surface area contributed by atoms with E-state index in [0.717, 1.165) is 6.42 Å². The van der Waals surface area contributed by atoms with Gasteiger partial charge in [-0.2, -0.15) is 0 Å². The number of hydrogen-bond donors (Lipinski definition) is 1. The van der Waals surface area contributed by atoms with Crippen LogP contribution in [-0.4, -0.2) is 52.3 Å². The van der Waals surface area contributed by atoms with Crippen LogP contribution >= 0.6 is 11.8 Å². The number of benzene rings is 1. The first-order chi connectivity index (χ1) is 10.6. The largest absolute Gasteiger partial charge is 0.481 e. The lowest BCUT2D eigenvalue weighted by molar-refractivity contribution is -0.145. The molecule has 0 spiro atoms. The normalized spacial score (nSPS) is 18.0. The lowest BCUT2D eigenvalue weighted by Crippen LogP contribution is -2.43. The molecule has 1 amide bonds. The SMILES string of the molecule is O=C(CSCC(=O)N1CCCC(C(=O)O)C1)c1ccccc1. The van der Waals surface area contributed by atoms with E-state index < -0.39 is 11.9 Å². The molecule has 0 radical (unpaired) electrons. The minimum atomic E-state index is -0.843. The molecule has 1 saturated heterocycles. The van der Waals surface area contributed by atoms with Gasteiger partial charge in [0.15, 0.2) is 5.78 Å². The van der Waals surface area contributed by atoms with Crippen LogP contribution in [0.5, 0.6) is 0 Å². The van der Waals surface area contributed by atoms with Gasteiger partial charge >= 0.3 is 5.97 Å². The number of carboxylic acid groups (broad SMARTS) is 1. The molecule has 1 heterocycles. The zero-order valence-electron chi connectivity index (χ0n) is 12.2. The molecule has 1 unspecified atom stereocenters. The molecule has 22 heavy (non-hydrogen) atoms. The summed E-state index contributed by atoms with van der Waals surface area (Å²) in [6, 6.07) is 8.98. The first-order valence-corrected chi connectivity index (χ1v) is 8.40. The summed E-state index contributed by atoms with van der Waals surface area (Å²) in [5.41, 5.74) is 0.645. The molecule has 0 saturated carbocycles. The van der Waals surface area contributed by atoms with E-state index in [4.69, 9.17) is 5.11 Å². The minimum Gasteiger partial charge on any atom is -0.481 e. The fourth-order valence-corrected chi connectivity index (χ4v) is 3.25. The molecule has 118 valence electrons. The van der Waals surface area contributed by atoms with Crippen LogP contribution in [0.4, 0.5) is 0 Å². The van der Waals surface area contributed by atoms with Crippen molar-refractivity contribution in [1.82, 2.24) is 4.90 Å². The van der Waals surface area contributed by atoms with E-state index in [-0.39, 0.29) is 29.7 Å². The number of carbonyl (C=O) groups excluding carboxylic acids is 2. The summed E-state index contributed by atoms with van der Waals surface area (Å²) in [6.45, 7) is 0.886. The zero-order chi connectivity index (χ0) is 15.9. The van der Waals surface area contributed by atoms with Crippen molar-refractivity contribution in [3.63, 3.8) is 0 Å². The maximum absolute atomic E-state index is 12.1. The van der Waals surface area contributed by atoms with Crippen molar-refractivity contribution < 1.29 is 19.5 Å². The number of thioether (sulfide) groups is 1. The third-order valence-corrected chi connectivity index (χ3v) is 4.60. The Labute approximate surface area is 133 Å². The maximum Gasteiger partial charge on any atom is 0.308 e. The van der Waals surface area contributed by atoms with E-state index >= 15 is 0 Å². The number of carboxylic acids is 1. The molecular formula is C16H19NO4S. The second-order valence-corrected chi connectivity index (χ2v) is 6.28. The van der Waals surface area contributed by atoms with Gasteiger partial charge in [-0.25, -0.2) is 0 Å². The molecule has 2 rings (SSSR count). The Morgan fingerprint density at radius 2 is 1.91 bits per heavy atom. The van der Waals surface area contributed by atoms with Crippen LogP contribution in [0.1, 0.15) is 23.2 Å². The first-order valence-electron chi connectivity index (χ1n) is 7.24. The van der Waals surface area contributed by atoms with Crippen molar-refractivity contribution in [1.29, 1.82) is 0 Å². The molecule has 1 atom stereocenters. The number of rotatable bonds is 6. The van der Waals surface area contributed by atoms with Gasteiger partial charge in [-0.15, -0.1) is 11.8 Å². The maximum atomic E-state index is 12.1. The number of ketones is 1. The molecule has 1 fully saturated rings. The minimum absolute atomic E-state index is 0.000423. The molecule has 0 aromatic heterocycles. The van der Waals surface area contributed by atoms with Crippen molar-refractivity contribution in [2.24, 2.45) is 5.92 Å². The lowest BCUT2D eigenvalue weighted by Gasteiger charge is -2.30. The highest BCUT2D eigenvalue weighted by Crippen LogP contribution is 2.18. The average molecular weight is 321 g/mol. The van der Waals surface area contributed by atoms with E-state index in [1.54, 1.807) is 17.0 Å². The van der Waals surface area contributed by atoms with E-state index in [9.17, 15) is 14.4 Å². The van der Waals surface area contributed by atoms with Gasteiger partial charge in [-0.3, -0.25) is 14.4 Å². The number of likely N-dealkylation sites (tertiary alicyclic amines) is 1. The zero-order valence-corrected chi connectivity index (χ0v) is 13.1. The molecule has 1 aliphatic heterocycles. The molecule has 1 N–H and O–H groups in total. The molecule has 6 heteroatoms. The molecule has 1 aliphatic rings. The highest BCUT2D eigenvalue weighted by molar-refractivity contribution is 8.00. The smallest absolute Gasteiger partial charge is 0.308 e. The summed E-state index contributed by atoms with van der Waals surface area (Å²) in [5.74, 6) is -0.924. The monoisotopic (exact) mass is 321 g/mol. The Balaban J connectivity index is 1.76. The summed E-state index contributed by atoms with van der Waals surface area (Å²) in [6.07, 6.45) is 1.34. The lowest BCUT2D eigenvalue weighted by atomic mass is 9.98. The highest BCUT2D eigenvalue weighted by Gasteiger charge is 2.27. The number of carbonyl (C=O) groups is 3. The van der Waals surface area contributed by atoms with Gasteiger partial charge < -0.3 is 10.0 Å². The van der Waals surface area contributed by atoms with Gasteiger partial charge in [0.1, 0.15) is 0 Å². The van der Waals surface area contributed by atoms with Gasteiger partial charge in [0.25, 0.3) is 0 Å². The Kier molecular flexibility index (Phi) is 6.00. The molecule has 5 nitrogen and oxygen atoms in total. The highest BCUT2D eigenvalue weighted by atomic mass is 32.2. The van der Waals surface area contributed by atoms with E-state index in [2.05, 4.69) is 0 Å². The molecule has 0 bridgehead atoms. The molecule has 1 aromatic carbocycles. The number of aliphatic carboxylic acids is 1. The van der Waals surface area contributed by atoms with Gasteiger partial charge in [0.2, 0.25) is 5.91 Å². The van der Waals surface area contributed by atoms with Crippen molar-refractivity contribution in [3.8, 4) is 0 Å². The Bertz CT molecular complexity index is 546. The Morgan fingerprint density at radius 3 is 2.59 bits per heavy atom. The molecular weight excluding hydrogens is 302 g/mol. The predicted octanol–water partition coefficient (Wildman–Crippen LogP) is 1.93. The topological polar surface area (TPSA) is 74.7 Å². The molecule has 0 aliphatic carbocycles. The number of amides is 1. The third kappa shape index (κ3) is 4.59. The quantitative estimate of drug-likeness (QED) is 0.810. The second kappa shape index (κ2) is 7.98. The van der Waals surface area contributed by atoms with Crippen LogP contribution in [-0.2, 0) is 9.59 Å². The molecule has 1 aromatic rings. The van der Waals surface area contributed by atoms with Crippen LogP contribution < -0.4 is 0 Å². The van der Waals surface area contributed by atoms with Gasteiger partial charge in [-0.05, 0) is 12.8 Å². The second-order valence-electron chi connectivity index (χ2n) is 5.30. The number of piperidine rings is 1. The van der Waals surface area contributed by atoms with E-state index in [1.807, 2.05) is 18.2 Å². The van der Waals surface area contributed by atoms with Gasteiger partial charge in [-0.1, -0.05) is 30.3 Å². The predicted molar refractivity (Wildman–Crippen MR) is 85.0 cm³/mol. The van der Waals surface area contributed by atoms with Crippen molar-refractivity contribution in [3.05, 3.63) is 35.9 Å². The standard InChI is InChI=1S/C16H19NO4S/c18-14(12-5-2-1-3-6-12)10-22-11-15(19)17-8-4-7-13(9-17)16(20)21/h1-3,5-6,13H,4,7-11H2,(H,20,21).